The van der Waals surface area contributed by atoms with Crippen molar-refractivity contribution in [3.05, 3.63) is 0 Å². The lowest BCUT2D eigenvalue weighted by Gasteiger charge is -1.98. The largest absolute Gasteiger partial charge is 0.484 e. The van der Waals surface area contributed by atoms with Gasteiger partial charge in [0.1, 0.15) is 0 Å². The van der Waals surface area contributed by atoms with Crippen LogP contribution in [0.5, 0.6) is 0 Å². The van der Waals surface area contributed by atoms with E-state index < -0.39 is 0 Å². The molecule has 0 bridgehead atoms. The van der Waals surface area contributed by atoms with Gasteiger partial charge in [-0.3, -0.25) is 4.99 Å². The molecular weight excluding hydrogens is 102 g/mol. The first-order chi connectivity index (χ1) is 3.85. The van der Waals surface area contributed by atoms with Crippen molar-refractivity contribution in [2.24, 2.45) is 4.99 Å². The van der Waals surface area contributed by atoms with Crippen LogP contribution in [0, 0.1) is 0 Å². The molecule has 0 aliphatic rings. The Hall–Kier alpha value is -0.530. The van der Waals surface area contributed by atoms with Gasteiger partial charge in [0, 0.05) is 13.5 Å². The van der Waals surface area contributed by atoms with E-state index in [2.05, 4.69) is 11.9 Å². The van der Waals surface area contributed by atoms with Crippen LogP contribution in [0.4, 0.5) is 0 Å². The van der Waals surface area contributed by atoms with Crippen molar-refractivity contribution < 1.29 is 4.74 Å². The Morgan fingerprint density at radius 2 is 2.25 bits per heavy atom. The Labute approximate surface area is 50.6 Å². The summed E-state index contributed by atoms with van der Waals surface area (Å²) in [6, 6.07) is 0. The van der Waals surface area contributed by atoms with Gasteiger partial charge in [-0.1, -0.05) is 6.92 Å². The van der Waals surface area contributed by atoms with E-state index in [1.54, 1.807) is 14.2 Å². The summed E-state index contributed by atoms with van der Waals surface area (Å²) in [6.45, 7) is 2.10. The van der Waals surface area contributed by atoms with Crippen LogP contribution in [-0.2, 0) is 4.74 Å². The van der Waals surface area contributed by atoms with E-state index in [-0.39, 0.29) is 0 Å². The molecule has 0 radical (unpaired) electrons. The van der Waals surface area contributed by atoms with Crippen LogP contribution in [0.1, 0.15) is 19.8 Å². The second-order valence-corrected chi connectivity index (χ2v) is 1.57. The molecule has 0 N–H and O–H groups in total. The summed E-state index contributed by atoms with van der Waals surface area (Å²) in [5, 5.41) is 0. The maximum Gasteiger partial charge on any atom is 0.182 e. The first-order valence-electron chi connectivity index (χ1n) is 2.84. The van der Waals surface area contributed by atoms with Crippen molar-refractivity contribution in [2.45, 2.75) is 19.8 Å². The maximum absolute atomic E-state index is 4.89. The zero-order valence-corrected chi connectivity index (χ0v) is 5.77. The van der Waals surface area contributed by atoms with E-state index in [0.29, 0.717) is 0 Å². The fourth-order valence-electron chi connectivity index (χ4n) is 0.519. The first kappa shape index (κ1) is 7.47. The third-order valence-corrected chi connectivity index (χ3v) is 0.949. The Bertz CT molecular complexity index is 78.6. The van der Waals surface area contributed by atoms with Gasteiger partial charge in [0.25, 0.3) is 0 Å². The molecule has 0 aromatic carbocycles. The van der Waals surface area contributed by atoms with Gasteiger partial charge in [0.15, 0.2) is 5.90 Å². The highest BCUT2D eigenvalue weighted by molar-refractivity contribution is 5.75. The molecule has 0 aromatic heterocycles. The van der Waals surface area contributed by atoms with E-state index >= 15 is 0 Å². The summed E-state index contributed by atoms with van der Waals surface area (Å²) in [5.41, 5.74) is 0. The molecule has 0 aliphatic carbocycles. The molecule has 0 atom stereocenters. The number of aliphatic imine (C=N–C) groups is 1. The number of hydrogen-bond acceptors (Lipinski definition) is 2. The quantitative estimate of drug-likeness (QED) is 0.394. The van der Waals surface area contributed by atoms with Crippen LogP contribution in [0.25, 0.3) is 0 Å². The smallest absolute Gasteiger partial charge is 0.182 e. The van der Waals surface area contributed by atoms with Crippen molar-refractivity contribution in [3.8, 4) is 0 Å². The Kier molecular flexibility index (Phi) is 4.32. The molecule has 0 saturated heterocycles. The Morgan fingerprint density at radius 3 is 2.38 bits per heavy atom. The van der Waals surface area contributed by atoms with E-state index in [1.807, 2.05) is 0 Å². The van der Waals surface area contributed by atoms with Gasteiger partial charge in [-0.2, -0.15) is 0 Å². The molecule has 0 aromatic rings. The monoisotopic (exact) mass is 115 g/mol. The highest BCUT2D eigenvalue weighted by Crippen LogP contribution is 1.90. The molecular formula is C6H13NO. The number of ether oxygens (including phenoxy) is 1. The number of rotatable bonds is 2. The molecule has 0 aliphatic heterocycles. The SMILES string of the molecule is CCCC(=NC)OC. The minimum Gasteiger partial charge on any atom is -0.484 e. The topological polar surface area (TPSA) is 21.6 Å². The first-order valence-corrected chi connectivity index (χ1v) is 2.84. The van der Waals surface area contributed by atoms with Gasteiger partial charge in [-0.05, 0) is 6.42 Å². The van der Waals surface area contributed by atoms with Crippen molar-refractivity contribution in [3.63, 3.8) is 0 Å². The Morgan fingerprint density at radius 1 is 1.62 bits per heavy atom. The molecule has 0 saturated carbocycles. The summed E-state index contributed by atoms with van der Waals surface area (Å²) in [4.78, 5) is 3.89. The van der Waals surface area contributed by atoms with Crippen LogP contribution >= 0.6 is 0 Å². The lowest BCUT2D eigenvalue weighted by Crippen LogP contribution is -1.98. The van der Waals surface area contributed by atoms with Crippen LogP contribution in [0.2, 0.25) is 0 Å². The van der Waals surface area contributed by atoms with Gasteiger partial charge in [-0.25, -0.2) is 0 Å². The van der Waals surface area contributed by atoms with Gasteiger partial charge in [-0.15, -0.1) is 0 Å². The lowest BCUT2D eigenvalue weighted by molar-refractivity contribution is 0.388. The van der Waals surface area contributed by atoms with Crippen molar-refractivity contribution in [2.75, 3.05) is 14.2 Å². The van der Waals surface area contributed by atoms with Crippen molar-refractivity contribution in [1.82, 2.24) is 0 Å². The summed E-state index contributed by atoms with van der Waals surface area (Å²) >= 11 is 0. The van der Waals surface area contributed by atoms with Gasteiger partial charge >= 0.3 is 0 Å². The third kappa shape index (κ3) is 2.61. The predicted octanol–water partition coefficient (Wildman–Crippen LogP) is 1.46. The molecule has 0 rings (SSSR count). The third-order valence-electron chi connectivity index (χ3n) is 0.949. The number of nitrogens with zero attached hydrogens (tertiary/aromatic N) is 1. The van der Waals surface area contributed by atoms with E-state index in [9.17, 15) is 0 Å². The van der Waals surface area contributed by atoms with Gasteiger partial charge in [0.2, 0.25) is 0 Å². The molecule has 0 spiro atoms. The zero-order valence-electron chi connectivity index (χ0n) is 5.77. The second kappa shape index (κ2) is 4.62. The van der Waals surface area contributed by atoms with Crippen molar-refractivity contribution >= 4 is 5.90 Å². The standard InChI is InChI=1S/C6H13NO/c1-4-5-6(7-2)8-3/h4-5H2,1-3H3. The molecule has 2 heteroatoms. The van der Waals surface area contributed by atoms with E-state index in [0.717, 1.165) is 18.7 Å². The predicted molar refractivity (Wildman–Crippen MR) is 35.3 cm³/mol. The number of hydrogen-bond donors (Lipinski definition) is 0. The average Bonchev–Trinajstić information content (AvgIpc) is 1.83. The van der Waals surface area contributed by atoms with Gasteiger partial charge < -0.3 is 4.74 Å². The van der Waals surface area contributed by atoms with Crippen molar-refractivity contribution in [1.29, 1.82) is 0 Å². The molecule has 0 heterocycles. The van der Waals surface area contributed by atoms with Crippen LogP contribution < -0.4 is 0 Å². The van der Waals surface area contributed by atoms with Crippen LogP contribution in [0.15, 0.2) is 4.99 Å². The molecule has 48 valence electrons. The molecule has 8 heavy (non-hydrogen) atoms. The molecule has 2 nitrogen and oxygen atoms in total. The second-order valence-electron chi connectivity index (χ2n) is 1.57. The van der Waals surface area contributed by atoms with E-state index in [4.69, 9.17) is 4.74 Å². The summed E-state index contributed by atoms with van der Waals surface area (Å²) in [7, 11) is 3.40. The minimum absolute atomic E-state index is 0.840. The van der Waals surface area contributed by atoms with Gasteiger partial charge in [0.05, 0.1) is 7.11 Å². The Balaban J connectivity index is 3.38. The van der Waals surface area contributed by atoms with Crippen LogP contribution in [-0.4, -0.2) is 20.1 Å². The summed E-state index contributed by atoms with van der Waals surface area (Å²) < 4.78 is 4.89. The average molecular weight is 115 g/mol. The molecule has 0 unspecified atom stereocenters. The minimum atomic E-state index is 0.840. The fourth-order valence-corrected chi connectivity index (χ4v) is 0.519. The fraction of sp³-hybridized carbons (Fsp3) is 0.833. The molecule has 0 amide bonds. The highest BCUT2D eigenvalue weighted by Gasteiger charge is 1.90. The maximum atomic E-state index is 4.89. The molecule has 0 fully saturated rings. The normalized spacial score (nSPS) is 11.6. The zero-order chi connectivity index (χ0) is 6.41. The summed E-state index contributed by atoms with van der Waals surface area (Å²) in [5.74, 6) is 0.840. The number of methoxy groups -OCH3 is 1. The highest BCUT2D eigenvalue weighted by atomic mass is 16.5. The van der Waals surface area contributed by atoms with E-state index in [1.165, 1.54) is 0 Å². The summed E-state index contributed by atoms with van der Waals surface area (Å²) in [6.07, 6.45) is 2.05. The van der Waals surface area contributed by atoms with Crippen LogP contribution in [0.3, 0.4) is 0 Å². The lowest BCUT2D eigenvalue weighted by atomic mass is 10.3.